The zero-order chi connectivity index (χ0) is 21.7. The second-order valence-corrected chi connectivity index (χ2v) is 9.11. The van der Waals surface area contributed by atoms with E-state index in [0.717, 1.165) is 23.2 Å². The average Bonchev–Trinajstić information content (AvgIpc) is 3.33. The van der Waals surface area contributed by atoms with Gasteiger partial charge in [0.1, 0.15) is 11.4 Å². The number of carbonyl (C=O) groups excluding carboxylic acids is 1. The van der Waals surface area contributed by atoms with Crippen LogP contribution >= 0.6 is 11.3 Å². The molecule has 2 aromatic heterocycles. The van der Waals surface area contributed by atoms with E-state index in [-0.39, 0.29) is 24.1 Å². The molecule has 156 valence electrons. The number of hydrogen-bond acceptors (Lipinski definition) is 4. The molecule has 3 heterocycles. The number of aryl methyl sites for hydroxylation is 2. The fourth-order valence-corrected chi connectivity index (χ4v) is 5.28. The minimum Gasteiger partial charge on any atom is -0.307 e. The Labute approximate surface area is 184 Å². The highest BCUT2D eigenvalue weighted by atomic mass is 32.1. The Kier molecular flexibility index (Phi) is 4.74. The van der Waals surface area contributed by atoms with Gasteiger partial charge in [0, 0.05) is 22.7 Å². The summed E-state index contributed by atoms with van der Waals surface area (Å²) in [6, 6.07) is 14.2. The number of rotatable bonds is 3. The minimum atomic E-state index is -0.173. The number of amides is 1. The molecule has 4 aromatic rings. The van der Waals surface area contributed by atoms with Crippen LogP contribution in [0.5, 0.6) is 0 Å². The number of fused-ring (bicyclic) bond motifs is 2. The molecule has 6 heteroatoms. The molecule has 0 saturated carbocycles. The molecule has 0 saturated heterocycles. The third kappa shape index (κ3) is 3.27. The van der Waals surface area contributed by atoms with Crippen LogP contribution in [0.1, 0.15) is 23.6 Å². The number of carbonyl (C=O) groups is 1. The van der Waals surface area contributed by atoms with Crippen molar-refractivity contribution in [3.05, 3.63) is 81.2 Å². The summed E-state index contributed by atoms with van der Waals surface area (Å²) < 4.78 is 1.44. The Morgan fingerprint density at radius 2 is 1.97 bits per heavy atom. The van der Waals surface area contributed by atoms with E-state index < -0.39 is 0 Å². The number of nitrogens with zero attached hydrogens (tertiary/aromatic N) is 3. The summed E-state index contributed by atoms with van der Waals surface area (Å²) in [7, 11) is 0. The molecule has 1 atom stereocenters. The van der Waals surface area contributed by atoms with Crippen LogP contribution in [0, 0.1) is 13.8 Å². The van der Waals surface area contributed by atoms with Crippen molar-refractivity contribution in [3.8, 4) is 11.1 Å². The Morgan fingerprint density at radius 3 is 2.77 bits per heavy atom. The van der Waals surface area contributed by atoms with E-state index in [2.05, 4.69) is 37.0 Å². The Balaban J connectivity index is 1.53. The molecule has 0 radical (unpaired) electrons. The van der Waals surface area contributed by atoms with E-state index in [1.807, 2.05) is 41.5 Å². The number of hydrogen-bond donors (Lipinski definition) is 0. The largest absolute Gasteiger partial charge is 0.307 e. The van der Waals surface area contributed by atoms with E-state index in [1.165, 1.54) is 38.9 Å². The van der Waals surface area contributed by atoms with Crippen LogP contribution in [0.3, 0.4) is 0 Å². The summed E-state index contributed by atoms with van der Waals surface area (Å²) >= 11 is 1.46. The van der Waals surface area contributed by atoms with Crippen molar-refractivity contribution < 1.29 is 4.79 Å². The van der Waals surface area contributed by atoms with E-state index in [0.29, 0.717) is 10.2 Å². The molecule has 0 aliphatic carbocycles. The van der Waals surface area contributed by atoms with Gasteiger partial charge in [-0.15, -0.1) is 11.3 Å². The van der Waals surface area contributed by atoms with Crippen LogP contribution in [0.2, 0.25) is 0 Å². The predicted molar refractivity (Wildman–Crippen MR) is 126 cm³/mol. The normalized spacial score (nSPS) is 15.5. The second kappa shape index (κ2) is 7.46. The molecule has 1 aliphatic heterocycles. The highest BCUT2D eigenvalue weighted by Crippen LogP contribution is 2.33. The van der Waals surface area contributed by atoms with Gasteiger partial charge in [-0.25, -0.2) is 4.98 Å². The van der Waals surface area contributed by atoms with Crippen LogP contribution in [0.4, 0.5) is 5.69 Å². The van der Waals surface area contributed by atoms with E-state index in [4.69, 9.17) is 0 Å². The van der Waals surface area contributed by atoms with Gasteiger partial charge in [0.15, 0.2) is 0 Å². The summed E-state index contributed by atoms with van der Waals surface area (Å²) in [6.45, 7) is 6.15. The van der Waals surface area contributed by atoms with E-state index >= 15 is 0 Å². The molecule has 0 fully saturated rings. The highest BCUT2D eigenvalue weighted by molar-refractivity contribution is 7.17. The van der Waals surface area contributed by atoms with Crippen molar-refractivity contribution in [2.24, 2.45) is 0 Å². The Hall–Kier alpha value is -3.25. The number of para-hydroxylation sites is 1. The van der Waals surface area contributed by atoms with E-state index in [1.54, 1.807) is 0 Å². The number of aromatic nitrogens is 2. The number of benzene rings is 2. The first-order valence-corrected chi connectivity index (χ1v) is 11.3. The number of anilines is 1. The van der Waals surface area contributed by atoms with Gasteiger partial charge in [0.25, 0.3) is 5.56 Å². The van der Waals surface area contributed by atoms with E-state index in [9.17, 15) is 9.59 Å². The van der Waals surface area contributed by atoms with Gasteiger partial charge in [-0.1, -0.05) is 36.4 Å². The van der Waals surface area contributed by atoms with Gasteiger partial charge < -0.3 is 4.90 Å². The van der Waals surface area contributed by atoms with Crippen molar-refractivity contribution in [2.45, 2.75) is 39.8 Å². The van der Waals surface area contributed by atoms with Crippen molar-refractivity contribution >= 4 is 33.1 Å². The molecular formula is C25H23N3O2S. The Bertz CT molecular complexity index is 1390. The molecule has 0 N–H and O–H groups in total. The van der Waals surface area contributed by atoms with Gasteiger partial charge >= 0.3 is 0 Å². The second-order valence-electron chi connectivity index (χ2n) is 8.25. The van der Waals surface area contributed by atoms with Crippen molar-refractivity contribution in [1.29, 1.82) is 0 Å². The lowest BCUT2D eigenvalue weighted by atomic mass is 10.0. The van der Waals surface area contributed by atoms with Gasteiger partial charge in [-0.05, 0) is 55.5 Å². The van der Waals surface area contributed by atoms with Crippen LogP contribution in [0.25, 0.3) is 21.3 Å². The highest BCUT2D eigenvalue weighted by Gasteiger charge is 2.30. The molecular weight excluding hydrogens is 406 g/mol. The minimum absolute atomic E-state index is 0.0251. The lowest BCUT2D eigenvalue weighted by Gasteiger charge is -2.23. The summed E-state index contributed by atoms with van der Waals surface area (Å²) in [5.74, 6) is -0.0938. The Morgan fingerprint density at radius 1 is 1.16 bits per heavy atom. The third-order valence-corrected chi connectivity index (χ3v) is 7.05. The van der Waals surface area contributed by atoms with Gasteiger partial charge in [0.05, 0.1) is 11.7 Å². The van der Waals surface area contributed by atoms with Gasteiger partial charge in [-0.2, -0.15) is 0 Å². The molecule has 0 unspecified atom stereocenters. The first-order chi connectivity index (χ1) is 14.9. The topological polar surface area (TPSA) is 55.2 Å². The smallest absolute Gasteiger partial charge is 0.263 e. The first-order valence-electron chi connectivity index (χ1n) is 10.4. The molecule has 1 aliphatic rings. The molecule has 0 spiro atoms. The summed E-state index contributed by atoms with van der Waals surface area (Å²) in [5, 5.41) is 2.56. The average molecular weight is 430 g/mol. The molecule has 1 amide bonds. The molecule has 5 rings (SSSR count). The summed E-state index contributed by atoms with van der Waals surface area (Å²) in [6.07, 6.45) is 2.32. The zero-order valence-electron chi connectivity index (χ0n) is 17.8. The summed E-state index contributed by atoms with van der Waals surface area (Å²) in [4.78, 5) is 33.6. The first kappa shape index (κ1) is 19.7. The molecule has 31 heavy (non-hydrogen) atoms. The van der Waals surface area contributed by atoms with Crippen LogP contribution in [-0.4, -0.2) is 21.5 Å². The lowest BCUT2D eigenvalue weighted by molar-refractivity contribution is -0.119. The van der Waals surface area contributed by atoms with Crippen molar-refractivity contribution in [3.63, 3.8) is 0 Å². The van der Waals surface area contributed by atoms with Crippen LogP contribution in [-0.2, 0) is 17.8 Å². The SMILES string of the molecule is Cc1ccc(-c2csc3ncn(CC(=O)N4c5ccccc5C[C@@H]4C)c(=O)c23)cc1C. The lowest BCUT2D eigenvalue weighted by Crippen LogP contribution is -2.40. The molecule has 2 aromatic carbocycles. The molecule has 0 bridgehead atoms. The number of thiophene rings is 1. The van der Waals surface area contributed by atoms with Crippen molar-refractivity contribution in [2.75, 3.05) is 4.90 Å². The maximum Gasteiger partial charge on any atom is 0.263 e. The van der Waals surface area contributed by atoms with Gasteiger partial charge in [-0.3, -0.25) is 14.2 Å². The van der Waals surface area contributed by atoms with Crippen LogP contribution < -0.4 is 10.5 Å². The van der Waals surface area contributed by atoms with Gasteiger partial charge in [0.2, 0.25) is 5.91 Å². The maximum atomic E-state index is 13.4. The fourth-order valence-electron chi connectivity index (χ4n) is 4.37. The fraction of sp³-hybridized carbons (Fsp3) is 0.240. The third-order valence-electron chi connectivity index (χ3n) is 6.16. The van der Waals surface area contributed by atoms with Crippen molar-refractivity contribution in [1.82, 2.24) is 9.55 Å². The zero-order valence-corrected chi connectivity index (χ0v) is 18.6. The quantitative estimate of drug-likeness (QED) is 0.474. The summed E-state index contributed by atoms with van der Waals surface area (Å²) in [5.41, 5.74) is 6.20. The van der Waals surface area contributed by atoms with Crippen LogP contribution in [0.15, 0.2) is 59.0 Å². The monoisotopic (exact) mass is 429 g/mol. The standard InChI is InChI=1S/C25H23N3O2S/c1-15-8-9-18(10-16(15)2)20-13-31-24-23(20)25(30)27(14-26-24)12-22(29)28-17(3)11-19-6-4-5-7-21(19)28/h4-10,13-14,17H,11-12H2,1-3H3/t17-/m0/s1. The molecule has 5 nitrogen and oxygen atoms in total. The predicted octanol–water partition coefficient (Wildman–Crippen LogP) is 4.72. The maximum absolute atomic E-state index is 13.4.